The lowest BCUT2D eigenvalue weighted by Crippen LogP contribution is -2.32. The molecule has 6 nitrogen and oxygen atoms in total. The maximum absolute atomic E-state index is 13.6. The summed E-state index contributed by atoms with van der Waals surface area (Å²) in [6, 6.07) is 6.21. The van der Waals surface area contributed by atoms with Crippen molar-refractivity contribution in [2.45, 2.75) is 18.4 Å². The van der Waals surface area contributed by atoms with E-state index in [2.05, 4.69) is 20.5 Å². The third-order valence-electron chi connectivity index (χ3n) is 4.35. The van der Waals surface area contributed by atoms with E-state index in [-0.39, 0.29) is 17.1 Å². The van der Waals surface area contributed by atoms with Gasteiger partial charge in [-0.2, -0.15) is 26.3 Å². The van der Waals surface area contributed by atoms with Crippen molar-refractivity contribution < 1.29 is 35.9 Å². The minimum Gasteiger partial charge on any atom is -0.480 e. The molecule has 0 bridgehead atoms. The molecule has 0 saturated heterocycles. The fourth-order valence-electron chi connectivity index (χ4n) is 2.82. The van der Waals surface area contributed by atoms with Crippen LogP contribution in [0.5, 0.6) is 5.88 Å². The van der Waals surface area contributed by atoms with Gasteiger partial charge in [0.25, 0.3) is 5.91 Å². The van der Waals surface area contributed by atoms with Crippen LogP contribution in [-0.4, -0.2) is 28.2 Å². The summed E-state index contributed by atoms with van der Waals surface area (Å²) in [6.07, 6.45) is -8.38. The molecule has 12 heteroatoms. The first-order chi connectivity index (χ1) is 15.0. The molecule has 0 fully saturated rings. The molecule has 3 rings (SSSR count). The maximum Gasteiger partial charge on any atom is 0.418 e. The Morgan fingerprint density at radius 3 is 2.16 bits per heavy atom. The van der Waals surface area contributed by atoms with Gasteiger partial charge in [-0.05, 0) is 35.9 Å². The second kappa shape index (κ2) is 8.81. The minimum atomic E-state index is -4.82. The number of pyridine rings is 1. The average molecular weight is 456 g/mol. The summed E-state index contributed by atoms with van der Waals surface area (Å²) in [5.41, 5.74) is -3.02. The molecule has 2 heterocycles. The molecule has 0 saturated carbocycles. The van der Waals surface area contributed by atoms with Crippen LogP contribution in [0.25, 0.3) is 0 Å². The molecule has 1 amide bonds. The minimum absolute atomic E-state index is 0.0444. The van der Waals surface area contributed by atoms with Crippen molar-refractivity contribution in [3.05, 3.63) is 82.8 Å². The molecule has 1 atom stereocenters. The lowest BCUT2D eigenvalue weighted by atomic mass is 9.97. The van der Waals surface area contributed by atoms with Gasteiger partial charge < -0.3 is 10.1 Å². The molecule has 0 spiro atoms. The van der Waals surface area contributed by atoms with Gasteiger partial charge in [-0.15, -0.1) is 10.2 Å². The van der Waals surface area contributed by atoms with Crippen molar-refractivity contribution in [1.29, 1.82) is 0 Å². The summed E-state index contributed by atoms with van der Waals surface area (Å²) >= 11 is 0. The highest BCUT2D eigenvalue weighted by Gasteiger charge is 2.37. The molecule has 0 aliphatic heterocycles. The number of methoxy groups -OCH3 is 1. The Balaban J connectivity index is 2.05. The lowest BCUT2D eigenvalue weighted by molar-refractivity contribution is -0.139. The summed E-state index contributed by atoms with van der Waals surface area (Å²) in [5, 5.41) is 9.59. The highest BCUT2D eigenvalue weighted by molar-refractivity contribution is 5.92. The number of alkyl halides is 6. The molecule has 2 aromatic heterocycles. The Hall–Kier alpha value is -3.70. The van der Waals surface area contributed by atoms with E-state index in [9.17, 15) is 31.1 Å². The molecule has 0 aliphatic rings. The highest BCUT2D eigenvalue weighted by Crippen LogP contribution is 2.36. The van der Waals surface area contributed by atoms with Gasteiger partial charge in [0.1, 0.15) is 0 Å². The van der Waals surface area contributed by atoms with Crippen molar-refractivity contribution in [3.8, 4) is 5.88 Å². The normalized spacial score (nSPS) is 12.8. The van der Waals surface area contributed by atoms with Crippen molar-refractivity contribution in [3.63, 3.8) is 0 Å². The predicted molar refractivity (Wildman–Crippen MR) is 98.6 cm³/mol. The number of carbonyl (C=O) groups excluding carboxylic acids is 1. The number of nitrogens with zero attached hydrogens (tertiary/aromatic N) is 3. The number of rotatable bonds is 5. The second-order valence-corrected chi connectivity index (χ2v) is 6.42. The predicted octanol–water partition coefficient (Wildman–Crippen LogP) is 4.44. The first-order valence-electron chi connectivity index (χ1n) is 8.88. The summed E-state index contributed by atoms with van der Waals surface area (Å²) in [5.74, 6) is -0.811. The fraction of sp³-hybridized carbons (Fsp3) is 0.200. The van der Waals surface area contributed by atoms with E-state index in [1.54, 1.807) is 0 Å². The van der Waals surface area contributed by atoms with Gasteiger partial charge in [0.05, 0.1) is 30.0 Å². The monoisotopic (exact) mass is 456 g/mol. The third-order valence-corrected chi connectivity index (χ3v) is 4.35. The van der Waals surface area contributed by atoms with E-state index < -0.39 is 41.1 Å². The summed E-state index contributed by atoms with van der Waals surface area (Å²) in [4.78, 5) is 16.4. The number of hydrogen-bond donors (Lipinski definition) is 1. The van der Waals surface area contributed by atoms with Crippen LogP contribution < -0.4 is 10.1 Å². The Morgan fingerprint density at radius 2 is 1.62 bits per heavy atom. The number of benzene rings is 1. The van der Waals surface area contributed by atoms with Crippen molar-refractivity contribution in [2.75, 3.05) is 7.11 Å². The lowest BCUT2D eigenvalue weighted by Gasteiger charge is -2.22. The fourth-order valence-corrected chi connectivity index (χ4v) is 2.82. The molecule has 0 radical (unpaired) electrons. The van der Waals surface area contributed by atoms with Crippen LogP contribution in [0.1, 0.15) is 38.9 Å². The van der Waals surface area contributed by atoms with Crippen LogP contribution in [0.3, 0.4) is 0 Å². The average Bonchev–Trinajstić information content (AvgIpc) is 2.76. The van der Waals surface area contributed by atoms with Gasteiger partial charge in [0.2, 0.25) is 5.88 Å². The van der Waals surface area contributed by atoms with Gasteiger partial charge in [-0.25, -0.2) is 0 Å². The third kappa shape index (κ3) is 5.13. The molecular weight excluding hydrogens is 442 g/mol. The number of aromatic nitrogens is 3. The molecule has 168 valence electrons. The van der Waals surface area contributed by atoms with E-state index in [1.165, 1.54) is 19.2 Å². The van der Waals surface area contributed by atoms with Gasteiger partial charge in [0.15, 0.2) is 5.69 Å². The zero-order chi connectivity index (χ0) is 23.5. The van der Waals surface area contributed by atoms with Gasteiger partial charge in [0, 0.05) is 12.3 Å². The quantitative estimate of drug-likeness (QED) is 0.575. The summed E-state index contributed by atoms with van der Waals surface area (Å²) < 4.78 is 84.2. The molecule has 3 aromatic rings. The first-order valence-corrected chi connectivity index (χ1v) is 8.88. The number of nitrogens with one attached hydrogen (secondary N) is 1. The number of hydrogen-bond acceptors (Lipinski definition) is 5. The Labute approximate surface area is 177 Å². The molecule has 1 aromatic carbocycles. The van der Waals surface area contributed by atoms with Crippen molar-refractivity contribution in [1.82, 2.24) is 20.5 Å². The summed E-state index contributed by atoms with van der Waals surface area (Å²) in [6.45, 7) is 0. The first kappa shape index (κ1) is 23.0. The van der Waals surface area contributed by atoms with Crippen molar-refractivity contribution in [2.24, 2.45) is 0 Å². The van der Waals surface area contributed by atoms with Gasteiger partial charge >= 0.3 is 12.4 Å². The SMILES string of the molecule is COc1ccc(C(=O)NC(c2ccc(C(F)(F)F)cc2)c2ncccc2C(F)(F)F)nn1. The number of amides is 1. The van der Waals surface area contributed by atoms with E-state index in [1.807, 2.05) is 0 Å². The Kier molecular flexibility index (Phi) is 6.32. The van der Waals surface area contributed by atoms with E-state index in [4.69, 9.17) is 4.74 Å². The Bertz CT molecular complexity index is 1080. The number of halogens is 6. The van der Waals surface area contributed by atoms with E-state index in [0.29, 0.717) is 12.1 Å². The summed E-state index contributed by atoms with van der Waals surface area (Å²) in [7, 11) is 1.32. The number of ether oxygens (including phenoxy) is 1. The molecule has 0 aliphatic carbocycles. The van der Waals surface area contributed by atoms with Crippen LogP contribution in [0.4, 0.5) is 26.3 Å². The second-order valence-electron chi connectivity index (χ2n) is 6.42. The van der Waals surface area contributed by atoms with Gasteiger partial charge in [-0.3, -0.25) is 9.78 Å². The van der Waals surface area contributed by atoms with Crippen molar-refractivity contribution >= 4 is 5.91 Å². The van der Waals surface area contributed by atoms with E-state index >= 15 is 0 Å². The van der Waals surface area contributed by atoms with Crippen LogP contribution in [0.2, 0.25) is 0 Å². The van der Waals surface area contributed by atoms with Crippen LogP contribution >= 0.6 is 0 Å². The molecule has 32 heavy (non-hydrogen) atoms. The molecule has 1 unspecified atom stereocenters. The number of carbonyl (C=O) groups is 1. The molecular formula is C20H14F6N4O2. The zero-order valence-electron chi connectivity index (χ0n) is 16.2. The van der Waals surface area contributed by atoms with Crippen LogP contribution in [0.15, 0.2) is 54.7 Å². The van der Waals surface area contributed by atoms with Gasteiger partial charge in [-0.1, -0.05) is 12.1 Å². The largest absolute Gasteiger partial charge is 0.480 e. The molecule has 1 N–H and O–H groups in total. The Morgan fingerprint density at radius 1 is 0.938 bits per heavy atom. The zero-order valence-corrected chi connectivity index (χ0v) is 16.2. The standard InChI is InChI=1S/C20H14F6N4O2/c1-32-15-9-8-14(29-30-15)18(31)28-16(11-4-6-12(7-5-11)19(21,22)23)17-13(20(24,25)26)3-2-10-27-17/h2-10,16H,1H3,(H,28,31). The topological polar surface area (TPSA) is 77.0 Å². The maximum atomic E-state index is 13.6. The van der Waals surface area contributed by atoms with Crippen LogP contribution in [0, 0.1) is 0 Å². The highest BCUT2D eigenvalue weighted by atomic mass is 19.4. The smallest absolute Gasteiger partial charge is 0.418 e. The van der Waals surface area contributed by atoms with E-state index in [0.717, 1.165) is 30.5 Å². The van der Waals surface area contributed by atoms with Crippen LogP contribution in [-0.2, 0) is 12.4 Å².